The van der Waals surface area contributed by atoms with Gasteiger partial charge in [-0.05, 0) is 17.9 Å². The maximum atomic E-state index is 5.63. The molecule has 0 amide bonds. The van der Waals surface area contributed by atoms with E-state index >= 15 is 0 Å². The first-order chi connectivity index (χ1) is 6.14. The third-order valence-electron chi connectivity index (χ3n) is 2.65. The molecule has 0 aliphatic rings. The minimum Gasteiger partial charge on any atom is -0.379 e. The first-order valence-electron chi connectivity index (χ1n) is 5.34. The summed E-state index contributed by atoms with van der Waals surface area (Å²) in [5.74, 6) is 0. The van der Waals surface area contributed by atoms with Gasteiger partial charge in [0, 0.05) is 13.2 Å². The molecule has 2 unspecified atom stereocenters. The molecule has 0 saturated carbocycles. The lowest BCUT2D eigenvalue weighted by atomic mass is 9.74. The highest BCUT2D eigenvalue weighted by molar-refractivity contribution is 4.92. The van der Waals surface area contributed by atoms with Crippen molar-refractivity contribution < 1.29 is 4.74 Å². The van der Waals surface area contributed by atoms with Crippen molar-refractivity contribution in [3.8, 4) is 0 Å². The molecular formula is C12H27NO. The van der Waals surface area contributed by atoms with Gasteiger partial charge in [-0.15, -0.1) is 0 Å². The summed E-state index contributed by atoms with van der Waals surface area (Å²) in [5.41, 5.74) is 0.373. The van der Waals surface area contributed by atoms with E-state index in [0.717, 1.165) is 0 Å². The van der Waals surface area contributed by atoms with Crippen LogP contribution in [0.4, 0.5) is 0 Å². The molecule has 0 heterocycles. The van der Waals surface area contributed by atoms with Crippen molar-refractivity contribution in [2.45, 2.75) is 53.7 Å². The summed E-state index contributed by atoms with van der Waals surface area (Å²) in [6, 6.07) is 0.368. The Hall–Kier alpha value is -0.0800. The van der Waals surface area contributed by atoms with Crippen molar-refractivity contribution in [1.82, 2.24) is 5.32 Å². The van der Waals surface area contributed by atoms with Crippen LogP contribution in [0.25, 0.3) is 0 Å². The fourth-order valence-corrected chi connectivity index (χ4v) is 2.03. The predicted octanol–water partition coefficient (Wildman–Crippen LogP) is 2.68. The molecule has 0 saturated heterocycles. The van der Waals surface area contributed by atoms with Crippen molar-refractivity contribution in [3.63, 3.8) is 0 Å². The van der Waals surface area contributed by atoms with Crippen LogP contribution in [0.2, 0.25) is 0 Å². The smallest absolute Gasteiger partial charge is 0.0777 e. The van der Waals surface area contributed by atoms with Gasteiger partial charge >= 0.3 is 0 Å². The summed E-state index contributed by atoms with van der Waals surface area (Å²) in [6.07, 6.45) is 0.229. The molecule has 0 bridgehead atoms. The van der Waals surface area contributed by atoms with E-state index in [4.69, 9.17) is 4.74 Å². The van der Waals surface area contributed by atoms with Crippen molar-refractivity contribution >= 4 is 0 Å². The molecule has 0 rings (SSSR count). The van der Waals surface area contributed by atoms with Crippen LogP contribution in [0.3, 0.4) is 0 Å². The lowest BCUT2D eigenvalue weighted by molar-refractivity contribution is -0.0372. The molecule has 0 spiro atoms. The normalized spacial score (nSPS) is 18.0. The number of likely N-dealkylation sites (N-methyl/N-ethyl adjacent to an activating group) is 1. The summed E-state index contributed by atoms with van der Waals surface area (Å²) in [4.78, 5) is 0. The first-order valence-corrected chi connectivity index (χ1v) is 5.34. The molecule has 0 aromatic rings. The zero-order chi connectivity index (χ0) is 11.6. The van der Waals surface area contributed by atoms with Gasteiger partial charge in [0.1, 0.15) is 0 Å². The van der Waals surface area contributed by atoms with E-state index in [-0.39, 0.29) is 16.9 Å². The van der Waals surface area contributed by atoms with Crippen LogP contribution in [0.1, 0.15) is 41.5 Å². The van der Waals surface area contributed by atoms with Crippen LogP contribution in [0.15, 0.2) is 0 Å². The average Bonchev–Trinajstić information content (AvgIpc) is 1.94. The molecule has 1 N–H and O–H groups in total. The van der Waals surface area contributed by atoms with Gasteiger partial charge in [-0.3, -0.25) is 0 Å². The van der Waals surface area contributed by atoms with E-state index in [1.54, 1.807) is 7.11 Å². The maximum Gasteiger partial charge on any atom is 0.0777 e. The second-order valence-electron chi connectivity index (χ2n) is 6.15. The van der Waals surface area contributed by atoms with Gasteiger partial charge in [-0.2, -0.15) is 0 Å². The maximum absolute atomic E-state index is 5.63. The van der Waals surface area contributed by atoms with Crippen molar-refractivity contribution in [2.75, 3.05) is 14.2 Å². The topological polar surface area (TPSA) is 21.3 Å². The zero-order valence-corrected chi connectivity index (χ0v) is 11.1. The number of ether oxygens (including phenoxy) is 1. The third kappa shape index (κ3) is 3.58. The molecule has 0 aliphatic carbocycles. The van der Waals surface area contributed by atoms with Gasteiger partial charge < -0.3 is 10.1 Å². The SMILES string of the molecule is CNC(C(OC)C(C)(C)C)C(C)(C)C. The van der Waals surface area contributed by atoms with Gasteiger partial charge in [0.05, 0.1) is 6.10 Å². The number of hydrogen-bond acceptors (Lipinski definition) is 2. The molecule has 14 heavy (non-hydrogen) atoms. The average molecular weight is 201 g/mol. The van der Waals surface area contributed by atoms with E-state index in [0.29, 0.717) is 6.04 Å². The van der Waals surface area contributed by atoms with Gasteiger partial charge in [-0.1, -0.05) is 41.5 Å². The quantitative estimate of drug-likeness (QED) is 0.758. The summed E-state index contributed by atoms with van der Waals surface area (Å²) in [7, 11) is 3.81. The standard InChI is InChI=1S/C12H27NO/c1-11(2,3)9(13-7)10(14-8)12(4,5)6/h9-10,13H,1-8H3. The van der Waals surface area contributed by atoms with Crippen molar-refractivity contribution in [3.05, 3.63) is 0 Å². The van der Waals surface area contributed by atoms with Crippen LogP contribution in [0, 0.1) is 10.8 Å². The Balaban J connectivity index is 4.81. The highest BCUT2D eigenvalue weighted by Crippen LogP contribution is 2.32. The lowest BCUT2D eigenvalue weighted by Crippen LogP contribution is -2.53. The lowest BCUT2D eigenvalue weighted by Gasteiger charge is -2.42. The fraction of sp³-hybridized carbons (Fsp3) is 1.00. The van der Waals surface area contributed by atoms with Crippen LogP contribution in [-0.4, -0.2) is 26.3 Å². The Kier molecular flexibility index (Phi) is 4.60. The van der Waals surface area contributed by atoms with Crippen molar-refractivity contribution in [2.24, 2.45) is 10.8 Å². The highest BCUT2D eigenvalue weighted by Gasteiger charge is 2.37. The molecule has 0 aromatic heterocycles. The number of rotatable bonds is 3. The van der Waals surface area contributed by atoms with Gasteiger partial charge in [0.2, 0.25) is 0 Å². The Morgan fingerprint density at radius 1 is 0.929 bits per heavy atom. The molecule has 0 fully saturated rings. The Bertz CT molecular complexity index is 144. The summed E-state index contributed by atoms with van der Waals surface area (Å²) in [5, 5.41) is 3.37. The predicted molar refractivity (Wildman–Crippen MR) is 62.6 cm³/mol. The largest absolute Gasteiger partial charge is 0.379 e. The Morgan fingerprint density at radius 3 is 1.43 bits per heavy atom. The monoisotopic (exact) mass is 201 g/mol. The fourth-order valence-electron chi connectivity index (χ4n) is 2.03. The van der Waals surface area contributed by atoms with Gasteiger partial charge in [0.25, 0.3) is 0 Å². The molecule has 0 aromatic carbocycles. The number of methoxy groups -OCH3 is 1. The van der Waals surface area contributed by atoms with E-state index < -0.39 is 0 Å². The molecule has 0 radical (unpaired) electrons. The van der Waals surface area contributed by atoms with Gasteiger partial charge in [0.15, 0.2) is 0 Å². The minimum absolute atomic E-state index is 0.162. The first kappa shape index (κ1) is 13.9. The van der Waals surface area contributed by atoms with Crippen LogP contribution < -0.4 is 5.32 Å². The van der Waals surface area contributed by atoms with E-state index in [9.17, 15) is 0 Å². The zero-order valence-electron chi connectivity index (χ0n) is 11.1. The molecule has 86 valence electrons. The van der Waals surface area contributed by atoms with Crippen LogP contribution >= 0.6 is 0 Å². The van der Waals surface area contributed by atoms with Crippen LogP contribution in [0.5, 0.6) is 0 Å². The molecule has 2 nitrogen and oxygen atoms in total. The highest BCUT2D eigenvalue weighted by atomic mass is 16.5. The van der Waals surface area contributed by atoms with Crippen LogP contribution in [-0.2, 0) is 4.74 Å². The minimum atomic E-state index is 0.162. The molecular weight excluding hydrogens is 174 g/mol. The Labute approximate surface area is 89.4 Å². The second-order valence-corrected chi connectivity index (χ2v) is 6.15. The summed E-state index contributed by atoms with van der Waals surface area (Å²) < 4.78 is 5.63. The second kappa shape index (κ2) is 4.63. The van der Waals surface area contributed by atoms with E-state index in [2.05, 4.69) is 46.9 Å². The van der Waals surface area contributed by atoms with E-state index in [1.807, 2.05) is 7.05 Å². The number of hydrogen-bond donors (Lipinski definition) is 1. The summed E-state index contributed by atoms with van der Waals surface area (Å²) in [6.45, 7) is 13.4. The molecule has 2 atom stereocenters. The molecule has 0 aliphatic heterocycles. The molecule has 2 heteroatoms. The van der Waals surface area contributed by atoms with Crippen molar-refractivity contribution in [1.29, 1.82) is 0 Å². The third-order valence-corrected chi connectivity index (χ3v) is 2.65. The number of nitrogens with one attached hydrogen (secondary N) is 1. The van der Waals surface area contributed by atoms with Gasteiger partial charge in [-0.25, -0.2) is 0 Å². The summed E-state index contributed by atoms with van der Waals surface area (Å²) >= 11 is 0. The van der Waals surface area contributed by atoms with E-state index in [1.165, 1.54) is 0 Å². The Morgan fingerprint density at radius 2 is 1.36 bits per heavy atom.